The Bertz CT molecular complexity index is 654. The largest absolute Gasteiger partial charge is 0.294 e. The minimum absolute atomic E-state index is 0.170. The smallest absolute Gasteiger partial charge is 0.277 e. The van der Waals surface area contributed by atoms with E-state index in [1.165, 1.54) is 11.6 Å². The highest BCUT2D eigenvalue weighted by Gasteiger charge is 2.11. The van der Waals surface area contributed by atoms with E-state index in [0.717, 1.165) is 11.1 Å². The first kappa shape index (κ1) is 12.2. The van der Waals surface area contributed by atoms with Gasteiger partial charge in [-0.25, -0.2) is 4.68 Å². The zero-order valence-corrected chi connectivity index (χ0v) is 10.6. The molecule has 0 fully saturated rings. The molecule has 18 heavy (non-hydrogen) atoms. The Kier molecular flexibility index (Phi) is 3.10. The minimum atomic E-state index is -0.363. The topological polar surface area (TPSA) is 52.0 Å². The van der Waals surface area contributed by atoms with E-state index < -0.39 is 0 Å². The lowest BCUT2D eigenvalue weighted by Gasteiger charge is -2.06. The van der Waals surface area contributed by atoms with Gasteiger partial charge in [-0.1, -0.05) is 29.8 Å². The van der Waals surface area contributed by atoms with Crippen molar-refractivity contribution in [2.45, 2.75) is 13.8 Å². The van der Waals surface area contributed by atoms with Crippen LogP contribution in [-0.4, -0.2) is 15.6 Å². The van der Waals surface area contributed by atoms with E-state index in [-0.39, 0.29) is 16.9 Å². The van der Waals surface area contributed by atoms with Gasteiger partial charge < -0.3 is 0 Å². The Morgan fingerprint density at radius 2 is 1.83 bits per heavy atom. The van der Waals surface area contributed by atoms with Crippen molar-refractivity contribution in [3.8, 4) is 11.3 Å². The number of aromatic nitrogens is 2. The van der Waals surface area contributed by atoms with Crippen molar-refractivity contribution in [3.63, 3.8) is 0 Å². The molecule has 92 valence electrons. The third-order valence-electron chi connectivity index (χ3n) is 2.79. The molecule has 0 radical (unpaired) electrons. The zero-order chi connectivity index (χ0) is 13.3. The maximum atomic E-state index is 11.7. The highest BCUT2D eigenvalue weighted by atomic mass is 16.1. The van der Waals surface area contributed by atoms with Crippen LogP contribution in [-0.2, 0) is 7.05 Å². The zero-order valence-electron chi connectivity index (χ0n) is 10.6. The Balaban J connectivity index is 2.62. The van der Waals surface area contributed by atoms with Gasteiger partial charge in [-0.2, -0.15) is 5.10 Å². The maximum absolute atomic E-state index is 11.7. The quantitative estimate of drug-likeness (QED) is 0.756. The molecule has 0 aliphatic rings. The lowest BCUT2D eigenvalue weighted by Crippen LogP contribution is -2.25. The average molecular weight is 242 g/mol. The summed E-state index contributed by atoms with van der Waals surface area (Å²) < 4.78 is 1.20. The highest BCUT2D eigenvalue weighted by molar-refractivity contribution is 5.94. The summed E-state index contributed by atoms with van der Waals surface area (Å²) in [5.41, 5.74) is 2.47. The van der Waals surface area contributed by atoms with Gasteiger partial charge in [0, 0.05) is 12.6 Å². The first-order valence-corrected chi connectivity index (χ1v) is 5.65. The molecule has 2 aromatic rings. The van der Waals surface area contributed by atoms with E-state index in [1.807, 2.05) is 31.2 Å². The second-order valence-corrected chi connectivity index (χ2v) is 4.29. The normalized spacial score (nSPS) is 10.4. The van der Waals surface area contributed by atoms with Crippen LogP contribution < -0.4 is 5.56 Å². The molecule has 0 atom stereocenters. The van der Waals surface area contributed by atoms with Gasteiger partial charge in [-0.05, 0) is 19.9 Å². The van der Waals surface area contributed by atoms with Gasteiger partial charge in [0.05, 0.1) is 11.3 Å². The SMILES string of the molecule is CC(=O)c1cc(-c2ccc(C)cc2)nn(C)c1=O. The predicted octanol–water partition coefficient (Wildman–Crippen LogP) is 1.96. The molecular weight excluding hydrogens is 228 g/mol. The van der Waals surface area contributed by atoms with E-state index in [9.17, 15) is 9.59 Å². The number of rotatable bonds is 2. The minimum Gasteiger partial charge on any atom is -0.294 e. The van der Waals surface area contributed by atoms with E-state index in [2.05, 4.69) is 5.10 Å². The Morgan fingerprint density at radius 1 is 1.22 bits per heavy atom. The number of hydrogen-bond donors (Lipinski definition) is 0. The Hall–Kier alpha value is -2.23. The number of nitrogens with zero attached hydrogens (tertiary/aromatic N) is 2. The van der Waals surface area contributed by atoms with Crippen LogP contribution in [0.15, 0.2) is 35.1 Å². The molecule has 1 aromatic carbocycles. The standard InChI is InChI=1S/C14H14N2O2/c1-9-4-6-11(7-5-9)13-8-12(10(2)17)14(18)16(3)15-13/h4-8H,1-3H3. The third-order valence-corrected chi connectivity index (χ3v) is 2.79. The fraction of sp³-hybridized carbons (Fsp3) is 0.214. The molecule has 2 rings (SSSR count). The van der Waals surface area contributed by atoms with Crippen LogP contribution in [0.25, 0.3) is 11.3 Å². The first-order chi connectivity index (χ1) is 8.49. The molecule has 0 amide bonds. The van der Waals surface area contributed by atoms with Gasteiger partial charge in [0.25, 0.3) is 5.56 Å². The van der Waals surface area contributed by atoms with Crippen LogP contribution in [0.1, 0.15) is 22.8 Å². The van der Waals surface area contributed by atoms with Crippen molar-refractivity contribution >= 4 is 5.78 Å². The van der Waals surface area contributed by atoms with E-state index in [4.69, 9.17) is 0 Å². The Morgan fingerprint density at radius 3 is 2.39 bits per heavy atom. The summed E-state index contributed by atoms with van der Waals surface area (Å²) in [5.74, 6) is -0.244. The number of Topliss-reactive ketones (excluding diaryl/α,β-unsaturated/α-hetero) is 1. The first-order valence-electron chi connectivity index (χ1n) is 5.65. The van der Waals surface area contributed by atoms with Crippen LogP contribution in [0.2, 0.25) is 0 Å². The fourth-order valence-corrected chi connectivity index (χ4v) is 1.73. The number of carbonyl (C=O) groups excluding carboxylic acids is 1. The summed E-state index contributed by atoms with van der Waals surface area (Å²) in [6.45, 7) is 3.38. The summed E-state index contributed by atoms with van der Waals surface area (Å²) >= 11 is 0. The summed E-state index contributed by atoms with van der Waals surface area (Å²) in [5, 5.41) is 4.17. The molecule has 4 nitrogen and oxygen atoms in total. The second kappa shape index (κ2) is 4.56. The molecule has 0 bridgehead atoms. The fourth-order valence-electron chi connectivity index (χ4n) is 1.73. The molecule has 0 spiro atoms. The Labute approximate surface area is 105 Å². The van der Waals surface area contributed by atoms with Crippen molar-refractivity contribution in [3.05, 3.63) is 51.8 Å². The van der Waals surface area contributed by atoms with Crippen molar-refractivity contribution < 1.29 is 4.79 Å². The van der Waals surface area contributed by atoms with Crippen LogP contribution in [0.4, 0.5) is 0 Å². The van der Waals surface area contributed by atoms with Gasteiger partial charge in [0.15, 0.2) is 5.78 Å². The lowest BCUT2D eigenvalue weighted by atomic mass is 10.1. The summed E-state index contributed by atoms with van der Waals surface area (Å²) in [6, 6.07) is 9.33. The van der Waals surface area contributed by atoms with Crippen molar-refractivity contribution in [1.29, 1.82) is 0 Å². The van der Waals surface area contributed by atoms with Crippen LogP contribution in [0.5, 0.6) is 0 Å². The molecule has 1 aromatic heterocycles. The molecular formula is C14H14N2O2. The molecule has 0 N–H and O–H groups in total. The molecule has 4 heteroatoms. The second-order valence-electron chi connectivity index (χ2n) is 4.29. The lowest BCUT2D eigenvalue weighted by molar-refractivity contribution is 0.101. The van der Waals surface area contributed by atoms with Crippen LogP contribution in [0, 0.1) is 6.92 Å². The van der Waals surface area contributed by atoms with Gasteiger partial charge in [-0.3, -0.25) is 9.59 Å². The summed E-state index contributed by atoms with van der Waals surface area (Å²) in [6.07, 6.45) is 0. The van der Waals surface area contributed by atoms with Crippen LogP contribution in [0.3, 0.4) is 0 Å². The molecule has 0 saturated heterocycles. The third kappa shape index (κ3) is 2.22. The van der Waals surface area contributed by atoms with E-state index >= 15 is 0 Å². The van der Waals surface area contributed by atoms with E-state index in [1.54, 1.807) is 13.1 Å². The molecule has 0 saturated carbocycles. The molecule has 0 aliphatic heterocycles. The number of aryl methyl sites for hydroxylation is 2. The highest BCUT2D eigenvalue weighted by Crippen LogP contribution is 2.17. The number of carbonyl (C=O) groups is 1. The van der Waals surface area contributed by atoms with Gasteiger partial charge in [0.2, 0.25) is 0 Å². The van der Waals surface area contributed by atoms with Gasteiger partial charge in [0.1, 0.15) is 0 Å². The average Bonchev–Trinajstić information content (AvgIpc) is 2.33. The summed E-state index contributed by atoms with van der Waals surface area (Å²) in [4.78, 5) is 23.1. The number of hydrogen-bond acceptors (Lipinski definition) is 3. The monoisotopic (exact) mass is 242 g/mol. The van der Waals surface area contributed by atoms with Crippen LogP contribution >= 0.6 is 0 Å². The van der Waals surface area contributed by atoms with Crippen molar-refractivity contribution in [1.82, 2.24) is 9.78 Å². The molecule has 0 aliphatic carbocycles. The predicted molar refractivity (Wildman–Crippen MR) is 69.7 cm³/mol. The maximum Gasteiger partial charge on any atom is 0.277 e. The number of ketones is 1. The van der Waals surface area contributed by atoms with Crippen molar-refractivity contribution in [2.75, 3.05) is 0 Å². The molecule has 0 unspecified atom stereocenters. The number of benzene rings is 1. The van der Waals surface area contributed by atoms with Gasteiger partial charge in [-0.15, -0.1) is 0 Å². The summed E-state index contributed by atoms with van der Waals surface area (Å²) in [7, 11) is 1.55. The molecule has 1 heterocycles. The van der Waals surface area contributed by atoms with Crippen molar-refractivity contribution in [2.24, 2.45) is 7.05 Å². The van der Waals surface area contributed by atoms with E-state index in [0.29, 0.717) is 5.69 Å². The van der Waals surface area contributed by atoms with Gasteiger partial charge >= 0.3 is 0 Å².